The number of carboxylic acids is 1. The zero-order valence-corrected chi connectivity index (χ0v) is 9.59. The number of aliphatic carboxylic acids is 1. The molecular weight excluding hydrogens is 236 g/mol. The Morgan fingerprint density at radius 2 is 1.89 bits per heavy atom. The number of carbonyl (C=O) groups is 3. The van der Waals surface area contributed by atoms with E-state index < -0.39 is 47.5 Å². The van der Waals surface area contributed by atoms with Crippen LogP contribution in [0.2, 0.25) is 0 Å². The van der Waals surface area contributed by atoms with E-state index in [0.29, 0.717) is 0 Å². The van der Waals surface area contributed by atoms with Gasteiger partial charge in [0.05, 0.1) is 11.9 Å². The molecule has 0 bridgehead atoms. The average Bonchev–Trinajstić information content (AvgIpc) is 2.41. The lowest BCUT2D eigenvalue weighted by Crippen LogP contribution is -2.25. The summed E-state index contributed by atoms with van der Waals surface area (Å²) in [5.41, 5.74) is -0.820. The summed E-state index contributed by atoms with van der Waals surface area (Å²) in [5, 5.41) is 12.9. The molecule has 1 aromatic rings. The van der Waals surface area contributed by atoms with E-state index in [9.17, 15) is 14.4 Å². The second-order valence-corrected chi connectivity index (χ2v) is 3.33. The van der Waals surface area contributed by atoms with Crippen LogP contribution >= 0.6 is 0 Å². The Labute approximate surface area is 110 Å². The quantitative estimate of drug-likeness (QED) is 0.725. The molecule has 6 nitrogen and oxygen atoms in total. The molecule has 0 saturated carbocycles. The van der Waals surface area contributed by atoms with Crippen LogP contribution in [0, 0.1) is 0 Å². The van der Waals surface area contributed by atoms with Crippen molar-refractivity contribution in [2.45, 2.75) is 13.3 Å². The standard InChI is InChI=1S/C12H14N2O4/c1-8(15)14-10-4-2-9(3-5-10)12(18)13-7-6-11(16)17/h2-5H,6-7H2,1H3,(H,13,18)(H,14,15)(H,16,17)/i2D,3D,4D,5D. The molecule has 0 saturated heterocycles. The van der Waals surface area contributed by atoms with Crippen molar-refractivity contribution in [2.75, 3.05) is 11.9 Å². The fourth-order valence-electron chi connectivity index (χ4n) is 1.04. The van der Waals surface area contributed by atoms with Crippen molar-refractivity contribution >= 4 is 23.5 Å². The van der Waals surface area contributed by atoms with Gasteiger partial charge in [-0.1, -0.05) is 0 Å². The van der Waals surface area contributed by atoms with Gasteiger partial charge in [-0.3, -0.25) is 14.4 Å². The van der Waals surface area contributed by atoms with Gasteiger partial charge in [0.15, 0.2) is 0 Å². The average molecular weight is 254 g/mol. The molecule has 0 unspecified atom stereocenters. The second-order valence-electron chi connectivity index (χ2n) is 3.33. The largest absolute Gasteiger partial charge is 0.481 e. The Morgan fingerprint density at radius 1 is 1.28 bits per heavy atom. The third-order valence-corrected chi connectivity index (χ3v) is 1.78. The summed E-state index contributed by atoms with van der Waals surface area (Å²) < 4.78 is 31.0. The zero-order chi connectivity index (χ0) is 17.0. The summed E-state index contributed by atoms with van der Waals surface area (Å²) in [5.74, 6) is -2.60. The molecule has 0 atom stereocenters. The third kappa shape index (κ3) is 4.65. The fraction of sp³-hybridized carbons (Fsp3) is 0.250. The van der Waals surface area contributed by atoms with E-state index in [4.69, 9.17) is 10.6 Å². The van der Waals surface area contributed by atoms with Crippen molar-refractivity contribution < 1.29 is 25.0 Å². The van der Waals surface area contributed by atoms with Crippen molar-refractivity contribution in [2.24, 2.45) is 0 Å². The van der Waals surface area contributed by atoms with E-state index in [1.165, 1.54) is 0 Å². The summed E-state index contributed by atoms with van der Waals surface area (Å²) in [6, 6.07) is -2.34. The number of hydrogen-bond acceptors (Lipinski definition) is 3. The molecule has 3 N–H and O–H groups in total. The molecule has 0 spiro atoms. The van der Waals surface area contributed by atoms with E-state index in [2.05, 4.69) is 10.6 Å². The van der Waals surface area contributed by atoms with Crippen molar-refractivity contribution in [1.29, 1.82) is 0 Å². The van der Waals surface area contributed by atoms with Gasteiger partial charge in [-0.05, 0) is 24.2 Å². The topological polar surface area (TPSA) is 95.5 Å². The van der Waals surface area contributed by atoms with Crippen molar-refractivity contribution in [1.82, 2.24) is 5.32 Å². The van der Waals surface area contributed by atoms with Crippen molar-refractivity contribution in [3.63, 3.8) is 0 Å². The first kappa shape index (κ1) is 8.68. The van der Waals surface area contributed by atoms with Gasteiger partial charge in [-0.2, -0.15) is 0 Å². The van der Waals surface area contributed by atoms with E-state index in [1.54, 1.807) is 0 Å². The summed E-state index contributed by atoms with van der Waals surface area (Å²) >= 11 is 0. The monoisotopic (exact) mass is 254 g/mol. The molecule has 0 radical (unpaired) electrons. The normalized spacial score (nSPS) is 12.7. The Kier molecular flexibility index (Phi) is 3.08. The maximum atomic E-state index is 11.9. The highest BCUT2D eigenvalue weighted by atomic mass is 16.4. The molecular formula is C12H14N2O4. The van der Waals surface area contributed by atoms with Gasteiger partial charge in [-0.15, -0.1) is 0 Å². The van der Waals surface area contributed by atoms with Gasteiger partial charge in [0.1, 0.15) is 0 Å². The third-order valence-electron chi connectivity index (χ3n) is 1.78. The molecule has 0 aliphatic carbocycles. The number of carboxylic acid groups (broad SMARTS) is 1. The first-order valence-electron chi connectivity index (χ1n) is 7.04. The van der Waals surface area contributed by atoms with E-state index in [1.807, 2.05) is 0 Å². The summed E-state index contributed by atoms with van der Waals surface area (Å²) in [7, 11) is 0. The van der Waals surface area contributed by atoms with Crippen LogP contribution in [0.3, 0.4) is 0 Å². The Morgan fingerprint density at radius 3 is 2.39 bits per heavy atom. The van der Waals surface area contributed by atoms with Crippen LogP contribution in [0.5, 0.6) is 0 Å². The van der Waals surface area contributed by atoms with Crippen LogP contribution < -0.4 is 10.6 Å². The van der Waals surface area contributed by atoms with Crippen LogP contribution in [-0.2, 0) is 9.59 Å². The molecule has 0 fully saturated rings. The summed E-state index contributed by atoms with van der Waals surface area (Å²) in [6.07, 6.45) is -0.335. The molecule has 18 heavy (non-hydrogen) atoms. The molecule has 2 amide bonds. The SMILES string of the molecule is [2H]c1c([2H])c(C(=O)NCCC(=O)O)c([2H])c([2H])c1NC(C)=O. The molecule has 96 valence electrons. The van der Waals surface area contributed by atoms with E-state index in [0.717, 1.165) is 6.92 Å². The lowest BCUT2D eigenvalue weighted by atomic mass is 10.2. The van der Waals surface area contributed by atoms with Gasteiger partial charge in [0.2, 0.25) is 5.91 Å². The van der Waals surface area contributed by atoms with Crippen LogP contribution in [0.25, 0.3) is 0 Å². The van der Waals surface area contributed by atoms with Crippen LogP contribution in [0.4, 0.5) is 5.69 Å². The number of amides is 2. The molecule has 1 rings (SSSR count). The Hall–Kier alpha value is -2.37. The summed E-state index contributed by atoms with van der Waals surface area (Å²) in [4.78, 5) is 33.3. The lowest BCUT2D eigenvalue weighted by Gasteiger charge is -2.05. The predicted molar refractivity (Wildman–Crippen MR) is 65.3 cm³/mol. The lowest BCUT2D eigenvalue weighted by molar-refractivity contribution is -0.136. The highest BCUT2D eigenvalue weighted by Gasteiger charge is 2.06. The summed E-state index contributed by atoms with van der Waals surface area (Å²) in [6.45, 7) is 0.944. The Bertz CT molecular complexity index is 619. The van der Waals surface area contributed by atoms with Gasteiger partial charge in [0, 0.05) is 24.7 Å². The first-order chi connectivity index (χ1) is 10.2. The molecule has 0 heterocycles. The number of carbonyl (C=O) groups excluding carboxylic acids is 2. The number of rotatable bonds is 5. The predicted octanol–water partition coefficient (Wildman–Crippen LogP) is 0.849. The van der Waals surface area contributed by atoms with Crippen LogP contribution in [-0.4, -0.2) is 29.4 Å². The minimum Gasteiger partial charge on any atom is -0.481 e. The minimum atomic E-state index is -1.12. The van der Waals surface area contributed by atoms with E-state index in [-0.39, 0.29) is 18.7 Å². The first-order valence-corrected chi connectivity index (χ1v) is 5.04. The van der Waals surface area contributed by atoms with E-state index >= 15 is 0 Å². The van der Waals surface area contributed by atoms with Gasteiger partial charge in [0.25, 0.3) is 5.91 Å². The highest BCUT2D eigenvalue weighted by Crippen LogP contribution is 2.09. The van der Waals surface area contributed by atoms with Crippen molar-refractivity contribution in [3.8, 4) is 0 Å². The van der Waals surface area contributed by atoms with Gasteiger partial charge < -0.3 is 15.7 Å². The molecule has 0 aliphatic heterocycles. The number of anilines is 1. The molecule has 0 aliphatic rings. The zero-order valence-electron chi connectivity index (χ0n) is 13.6. The molecule has 6 heteroatoms. The molecule has 1 aromatic carbocycles. The minimum absolute atomic E-state index is 0.207. The van der Waals surface area contributed by atoms with Crippen LogP contribution in [0.15, 0.2) is 24.2 Å². The van der Waals surface area contributed by atoms with Gasteiger partial charge in [-0.25, -0.2) is 0 Å². The second kappa shape index (κ2) is 6.39. The Balaban J connectivity index is 3.19. The maximum Gasteiger partial charge on any atom is 0.305 e. The number of benzene rings is 1. The maximum absolute atomic E-state index is 11.9. The number of hydrogen-bond donors (Lipinski definition) is 3. The number of nitrogens with one attached hydrogen (secondary N) is 2. The highest BCUT2D eigenvalue weighted by molar-refractivity contribution is 5.95. The smallest absolute Gasteiger partial charge is 0.305 e. The van der Waals surface area contributed by atoms with Crippen LogP contribution in [0.1, 0.15) is 29.2 Å². The van der Waals surface area contributed by atoms with Gasteiger partial charge >= 0.3 is 5.97 Å². The fourth-order valence-corrected chi connectivity index (χ4v) is 1.04. The van der Waals surface area contributed by atoms with Crippen molar-refractivity contribution in [3.05, 3.63) is 29.7 Å². The molecule has 0 aromatic heterocycles.